The van der Waals surface area contributed by atoms with Crippen molar-refractivity contribution in [3.05, 3.63) is 94.8 Å². The van der Waals surface area contributed by atoms with Gasteiger partial charge in [-0.05, 0) is 47.5 Å². The molecule has 0 radical (unpaired) electrons. The molecular weight excluding hydrogens is 515 g/mol. The van der Waals surface area contributed by atoms with E-state index < -0.39 is 11.2 Å². The van der Waals surface area contributed by atoms with Gasteiger partial charge in [0, 0.05) is 17.9 Å². The minimum absolute atomic E-state index is 0.0530. The number of hydrazone groups is 1. The number of benzene rings is 3. The number of carbonyl (C=O) groups excluding carboxylic acids is 2. The van der Waals surface area contributed by atoms with Gasteiger partial charge in [-0.15, -0.1) is 0 Å². The molecule has 10 heteroatoms. The molecule has 2 amide bonds. The van der Waals surface area contributed by atoms with Crippen LogP contribution in [0.2, 0.25) is 5.02 Å². The summed E-state index contributed by atoms with van der Waals surface area (Å²) >= 11 is 7.30. The Kier molecular flexibility index (Phi) is 7.25. The van der Waals surface area contributed by atoms with Gasteiger partial charge in [-0.25, -0.2) is 9.40 Å². The number of amides is 2. The molecule has 2 unspecified atom stereocenters. The molecule has 3 aromatic carbocycles. The minimum atomic E-state index is -0.680. The molecule has 2 aliphatic heterocycles. The lowest BCUT2D eigenvalue weighted by Gasteiger charge is -2.23. The van der Waals surface area contributed by atoms with Crippen LogP contribution in [0.1, 0.15) is 30.0 Å². The van der Waals surface area contributed by atoms with Gasteiger partial charge in [0.15, 0.2) is 5.17 Å². The number of amidine groups is 1. The van der Waals surface area contributed by atoms with Crippen LogP contribution >= 0.6 is 23.4 Å². The van der Waals surface area contributed by atoms with Gasteiger partial charge in [-0.1, -0.05) is 59.8 Å². The Hall–Kier alpha value is -3.69. The molecule has 7 nitrogen and oxygen atoms in total. The molecule has 0 aliphatic carbocycles. The number of para-hydroxylation sites is 2. The number of carbonyl (C=O) groups is 2. The maximum Gasteiger partial charge on any atom is 0.262 e. The average Bonchev–Trinajstić information content (AvgIpc) is 3.49. The molecule has 0 aromatic heterocycles. The van der Waals surface area contributed by atoms with Crippen LogP contribution in [0.5, 0.6) is 5.75 Å². The van der Waals surface area contributed by atoms with E-state index in [2.05, 4.69) is 10.3 Å². The Labute approximate surface area is 222 Å². The summed E-state index contributed by atoms with van der Waals surface area (Å²) in [6, 6.07) is 20.4. The number of halogens is 2. The molecule has 2 atom stereocenters. The van der Waals surface area contributed by atoms with Gasteiger partial charge in [-0.2, -0.15) is 10.1 Å². The van der Waals surface area contributed by atoms with Crippen molar-refractivity contribution < 1.29 is 18.7 Å². The van der Waals surface area contributed by atoms with Crippen molar-refractivity contribution in [3.63, 3.8) is 0 Å². The van der Waals surface area contributed by atoms with E-state index in [9.17, 15) is 14.0 Å². The first-order valence-electron chi connectivity index (χ1n) is 11.5. The summed E-state index contributed by atoms with van der Waals surface area (Å²) in [6.07, 6.45) is 0.475. The van der Waals surface area contributed by atoms with Gasteiger partial charge < -0.3 is 10.1 Å². The zero-order valence-corrected chi connectivity index (χ0v) is 21.3. The van der Waals surface area contributed by atoms with Crippen molar-refractivity contribution in [1.82, 2.24) is 5.01 Å². The van der Waals surface area contributed by atoms with E-state index in [0.717, 1.165) is 16.8 Å². The van der Waals surface area contributed by atoms with Crippen molar-refractivity contribution in [2.75, 3.05) is 12.4 Å². The highest BCUT2D eigenvalue weighted by Crippen LogP contribution is 2.39. The molecule has 3 aromatic rings. The highest BCUT2D eigenvalue weighted by atomic mass is 35.5. The molecule has 0 bridgehead atoms. The van der Waals surface area contributed by atoms with Gasteiger partial charge in [0.1, 0.15) is 16.8 Å². The van der Waals surface area contributed by atoms with Crippen molar-refractivity contribution in [2.24, 2.45) is 10.1 Å². The maximum absolute atomic E-state index is 13.5. The summed E-state index contributed by atoms with van der Waals surface area (Å²) in [7, 11) is 1.52. The van der Waals surface area contributed by atoms with Crippen LogP contribution in [-0.2, 0) is 9.59 Å². The number of anilines is 1. The van der Waals surface area contributed by atoms with E-state index in [1.165, 1.54) is 31.0 Å². The number of nitrogens with zero attached hydrogens (tertiary/aromatic N) is 3. The predicted octanol–water partition coefficient (Wildman–Crippen LogP) is 5.67. The molecule has 0 fully saturated rings. The molecule has 0 saturated heterocycles. The number of aliphatic imine (C=N–C) groups is 1. The molecule has 37 heavy (non-hydrogen) atoms. The number of hydrogen-bond donors (Lipinski definition) is 1. The van der Waals surface area contributed by atoms with Gasteiger partial charge >= 0.3 is 0 Å². The van der Waals surface area contributed by atoms with E-state index in [1.807, 2.05) is 12.1 Å². The molecule has 0 spiro atoms. The lowest BCUT2D eigenvalue weighted by atomic mass is 9.99. The number of nitrogens with one attached hydrogen (secondary N) is 1. The fourth-order valence-electron chi connectivity index (χ4n) is 4.17. The van der Waals surface area contributed by atoms with E-state index in [1.54, 1.807) is 53.5 Å². The highest BCUT2D eigenvalue weighted by Gasteiger charge is 2.39. The Morgan fingerprint density at radius 1 is 1.14 bits per heavy atom. The first-order chi connectivity index (χ1) is 17.9. The number of methoxy groups -OCH3 is 1. The topological polar surface area (TPSA) is 83.4 Å². The van der Waals surface area contributed by atoms with E-state index in [-0.39, 0.29) is 24.2 Å². The Morgan fingerprint density at radius 2 is 1.86 bits per heavy atom. The first kappa shape index (κ1) is 25.0. The lowest BCUT2D eigenvalue weighted by molar-refractivity contribution is -0.121. The standard InChI is InChI=1S/C27H22ClFN4O3S/c1-36-23-5-3-2-4-20(23)30-25(34)15-24-26(35)31-27(37-24)33-22(17-6-10-18(28)11-7-17)14-21(32-33)16-8-12-19(29)13-9-16/h2-13,22,24H,14-15H2,1H3,(H,30,34). The fraction of sp³-hybridized carbons (Fsp3) is 0.185. The molecule has 2 aliphatic rings. The van der Waals surface area contributed by atoms with E-state index >= 15 is 0 Å². The summed E-state index contributed by atoms with van der Waals surface area (Å²) in [4.78, 5) is 29.8. The number of thioether (sulfide) groups is 1. The first-order valence-corrected chi connectivity index (χ1v) is 12.8. The number of hydrogen-bond acceptors (Lipinski definition) is 6. The van der Waals surface area contributed by atoms with Gasteiger partial charge in [-0.3, -0.25) is 9.59 Å². The van der Waals surface area contributed by atoms with Crippen molar-refractivity contribution in [2.45, 2.75) is 24.1 Å². The quantitative estimate of drug-likeness (QED) is 0.439. The van der Waals surface area contributed by atoms with Crippen molar-refractivity contribution >= 4 is 51.7 Å². The third-order valence-electron chi connectivity index (χ3n) is 6.02. The molecule has 188 valence electrons. The Bertz CT molecular complexity index is 1400. The van der Waals surface area contributed by atoms with Crippen LogP contribution in [0.15, 0.2) is 82.9 Å². The smallest absolute Gasteiger partial charge is 0.262 e. The van der Waals surface area contributed by atoms with E-state index in [4.69, 9.17) is 21.4 Å². The molecule has 0 saturated carbocycles. The largest absolute Gasteiger partial charge is 0.495 e. The summed E-state index contributed by atoms with van der Waals surface area (Å²) in [5.41, 5.74) is 3.00. The van der Waals surface area contributed by atoms with E-state index in [0.29, 0.717) is 28.0 Å². The van der Waals surface area contributed by atoms with Gasteiger partial charge in [0.2, 0.25) is 5.91 Å². The minimum Gasteiger partial charge on any atom is -0.495 e. The van der Waals surface area contributed by atoms with Crippen molar-refractivity contribution in [3.8, 4) is 5.75 Å². The average molecular weight is 537 g/mol. The van der Waals surface area contributed by atoms with Crippen LogP contribution in [0.4, 0.5) is 10.1 Å². The lowest BCUT2D eigenvalue weighted by Crippen LogP contribution is -2.25. The summed E-state index contributed by atoms with van der Waals surface area (Å²) in [6.45, 7) is 0. The fourth-order valence-corrected chi connectivity index (χ4v) is 5.36. The second kappa shape index (κ2) is 10.7. The third-order valence-corrected chi connectivity index (χ3v) is 7.41. The summed E-state index contributed by atoms with van der Waals surface area (Å²) < 4.78 is 18.8. The molecule has 5 rings (SSSR count). The second-order valence-electron chi connectivity index (χ2n) is 8.46. The van der Waals surface area contributed by atoms with Gasteiger partial charge in [0.25, 0.3) is 5.91 Å². The maximum atomic E-state index is 13.5. The number of rotatable bonds is 6. The molecular formula is C27H22ClFN4O3S. The molecule has 1 N–H and O–H groups in total. The molecule has 2 heterocycles. The van der Waals surface area contributed by atoms with Crippen LogP contribution in [0, 0.1) is 5.82 Å². The van der Waals surface area contributed by atoms with Crippen LogP contribution < -0.4 is 10.1 Å². The zero-order chi connectivity index (χ0) is 25.9. The van der Waals surface area contributed by atoms with Crippen LogP contribution in [-0.4, -0.2) is 40.1 Å². The third kappa shape index (κ3) is 5.52. The summed E-state index contributed by atoms with van der Waals surface area (Å²) in [5, 5.41) is 9.62. The zero-order valence-electron chi connectivity index (χ0n) is 19.7. The SMILES string of the molecule is COc1ccccc1NC(=O)CC1SC(N2N=C(c3ccc(F)cc3)CC2c2ccc(Cl)cc2)=NC1=O. The Balaban J connectivity index is 1.35. The monoisotopic (exact) mass is 536 g/mol. The van der Waals surface area contributed by atoms with Crippen molar-refractivity contribution in [1.29, 1.82) is 0 Å². The van der Waals surface area contributed by atoms with Crippen LogP contribution in [0.3, 0.4) is 0 Å². The van der Waals surface area contributed by atoms with Crippen LogP contribution in [0.25, 0.3) is 0 Å². The highest BCUT2D eigenvalue weighted by molar-refractivity contribution is 8.15. The number of ether oxygens (including phenoxy) is 1. The normalized spacial score (nSPS) is 19.0. The summed E-state index contributed by atoms with van der Waals surface area (Å²) in [5.74, 6) is -0.513. The second-order valence-corrected chi connectivity index (χ2v) is 10.1. The van der Waals surface area contributed by atoms with Gasteiger partial charge in [0.05, 0.1) is 24.6 Å². The predicted molar refractivity (Wildman–Crippen MR) is 144 cm³/mol. The Morgan fingerprint density at radius 3 is 2.59 bits per heavy atom.